The molecule has 0 aliphatic carbocycles. The molecule has 260 valence electrons. The summed E-state index contributed by atoms with van der Waals surface area (Å²) >= 11 is 0. The van der Waals surface area contributed by atoms with E-state index in [2.05, 4.69) is 113 Å². The topological polar surface area (TPSA) is 36.1 Å². The Labute approximate surface area is 277 Å². The van der Waals surface area contributed by atoms with Crippen molar-refractivity contribution in [3.05, 3.63) is 0 Å². The number of hydrogen-bond acceptors (Lipinski definition) is 3. The maximum absolute atomic E-state index is 4.10. The highest BCUT2D eigenvalue weighted by atomic mass is 15.1. The first kappa shape index (κ1) is 38.3. The molecular formula is C41H81N3. The first-order chi connectivity index (χ1) is 20.1. The lowest BCUT2D eigenvalue weighted by molar-refractivity contribution is -0.0428. The summed E-state index contributed by atoms with van der Waals surface area (Å²) < 4.78 is 0. The summed E-state index contributed by atoms with van der Waals surface area (Å²) in [6.07, 6.45) is 20.5. The van der Waals surface area contributed by atoms with Crippen LogP contribution in [-0.4, -0.2) is 33.2 Å². The molecule has 3 rings (SSSR count). The van der Waals surface area contributed by atoms with Crippen molar-refractivity contribution in [2.45, 2.75) is 226 Å². The van der Waals surface area contributed by atoms with E-state index in [4.69, 9.17) is 0 Å². The molecule has 3 unspecified atom stereocenters. The second-order valence-corrected chi connectivity index (χ2v) is 20.4. The Bertz CT molecular complexity index is 832. The first-order valence-electron chi connectivity index (χ1n) is 19.5. The Kier molecular flexibility index (Phi) is 12.7. The van der Waals surface area contributed by atoms with Crippen LogP contribution in [0.4, 0.5) is 0 Å². The summed E-state index contributed by atoms with van der Waals surface area (Å²) in [6, 6.07) is 0. The third kappa shape index (κ3) is 11.2. The van der Waals surface area contributed by atoms with Gasteiger partial charge in [0.05, 0.1) is 0 Å². The lowest BCUT2D eigenvalue weighted by Crippen LogP contribution is -2.62. The zero-order chi connectivity index (χ0) is 33.2. The Hall–Kier alpha value is -0.120. The van der Waals surface area contributed by atoms with Gasteiger partial charge in [-0.3, -0.25) is 0 Å². The van der Waals surface area contributed by atoms with Crippen molar-refractivity contribution in [1.82, 2.24) is 16.0 Å². The number of hydrogen-bond donors (Lipinski definition) is 3. The number of rotatable bonds is 14. The van der Waals surface area contributed by atoms with Crippen molar-refractivity contribution >= 4 is 0 Å². The maximum atomic E-state index is 4.10. The van der Waals surface area contributed by atoms with Crippen molar-refractivity contribution in [2.24, 2.45) is 35.5 Å². The molecule has 0 amide bonds. The molecule has 3 aliphatic heterocycles. The van der Waals surface area contributed by atoms with Gasteiger partial charge in [0.15, 0.2) is 0 Å². The lowest BCUT2D eigenvalue weighted by Gasteiger charge is -2.57. The summed E-state index contributed by atoms with van der Waals surface area (Å²) in [5, 5.41) is 12.2. The largest absolute Gasteiger partial charge is 0.307 e. The molecule has 3 heterocycles. The minimum Gasteiger partial charge on any atom is -0.307 e. The molecule has 44 heavy (non-hydrogen) atoms. The highest BCUT2D eigenvalue weighted by Gasteiger charge is 2.52. The van der Waals surface area contributed by atoms with Gasteiger partial charge in [-0.15, -0.1) is 0 Å². The quantitative estimate of drug-likeness (QED) is 0.170. The molecule has 3 atom stereocenters. The maximum Gasteiger partial charge on any atom is 0.0132 e. The van der Waals surface area contributed by atoms with Crippen molar-refractivity contribution in [3.8, 4) is 0 Å². The van der Waals surface area contributed by atoms with Gasteiger partial charge in [0.25, 0.3) is 0 Å². The van der Waals surface area contributed by atoms with Gasteiger partial charge in [-0.05, 0) is 170 Å². The molecule has 0 aromatic carbocycles. The Morgan fingerprint density at radius 3 is 1.05 bits per heavy atom. The molecule has 3 N–H and O–H groups in total. The number of unbranched alkanes of at least 4 members (excludes halogenated alkanes) is 5. The monoisotopic (exact) mass is 616 g/mol. The highest BCUT2D eigenvalue weighted by Crippen LogP contribution is 2.54. The molecule has 3 nitrogen and oxygen atoms in total. The number of nitrogens with one attached hydrogen (secondary N) is 3. The van der Waals surface area contributed by atoms with E-state index in [1.807, 2.05) is 0 Å². The minimum absolute atomic E-state index is 0.185. The third-order valence-corrected chi connectivity index (χ3v) is 11.9. The van der Waals surface area contributed by atoms with Crippen LogP contribution in [0.2, 0.25) is 0 Å². The van der Waals surface area contributed by atoms with Gasteiger partial charge in [0.1, 0.15) is 0 Å². The van der Waals surface area contributed by atoms with Gasteiger partial charge in [0, 0.05) is 33.2 Å². The zero-order valence-electron chi connectivity index (χ0n) is 32.6. The molecule has 0 aromatic heterocycles. The predicted molar refractivity (Wildman–Crippen MR) is 195 cm³/mol. The molecule has 0 aromatic rings. The lowest BCUT2D eigenvalue weighted by atomic mass is 9.54. The van der Waals surface area contributed by atoms with E-state index < -0.39 is 0 Å². The fraction of sp³-hybridized carbons (Fsp3) is 1.00. The molecule has 0 bridgehead atoms. The van der Waals surface area contributed by atoms with Crippen LogP contribution in [0.15, 0.2) is 0 Å². The average molecular weight is 616 g/mol. The smallest absolute Gasteiger partial charge is 0.0132 e. The fourth-order valence-corrected chi connectivity index (χ4v) is 12.0. The summed E-state index contributed by atoms with van der Waals surface area (Å²) in [4.78, 5) is 0. The van der Waals surface area contributed by atoms with Crippen molar-refractivity contribution in [3.63, 3.8) is 0 Å². The second kappa shape index (κ2) is 14.6. The van der Waals surface area contributed by atoms with E-state index in [0.29, 0.717) is 0 Å². The summed E-state index contributed by atoms with van der Waals surface area (Å²) in [5.41, 5.74) is 1.16. The minimum atomic E-state index is 0.185. The van der Waals surface area contributed by atoms with Gasteiger partial charge in [-0.2, -0.15) is 0 Å². The van der Waals surface area contributed by atoms with Crippen LogP contribution in [0.5, 0.6) is 0 Å². The molecule has 3 aliphatic rings. The van der Waals surface area contributed by atoms with Crippen LogP contribution in [0.1, 0.15) is 193 Å². The van der Waals surface area contributed by atoms with Gasteiger partial charge in [-0.25, -0.2) is 0 Å². The molecule has 0 radical (unpaired) electrons. The standard InChI is InChI=1S/C41H81N3/c1-15-17-19-20-21-23-34(31-26-38(7,8)43-39(9,10)27-31)35(32-28-40(11,12)44-41(13,14)29-32)33(22-18-16-2)30-24-36(3,4)42-37(5,6)25-30/h30-35,42-44H,15-29H2,1-14H3. The summed E-state index contributed by atoms with van der Waals surface area (Å²) in [6.45, 7) is 34.8. The fourth-order valence-electron chi connectivity index (χ4n) is 12.0. The van der Waals surface area contributed by atoms with E-state index in [1.54, 1.807) is 0 Å². The summed E-state index contributed by atoms with van der Waals surface area (Å²) in [7, 11) is 0. The second-order valence-electron chi connectivity index (χ2n) is 20.4. The molecule has 0 saturated carbocycles. The zero-order valence-corrected chi connectivity index (χ0v) is 32.6. The SMILES string of the molecule is CCCCCCCC(C1CC(C)(C)NC(C)(C)C1)C(C1CC(C)(C)NC(C)(C)C1)C(CCCC)C1CC(C)(C)NC(C)(C)C1. The van der Waals surface area contributed by atoms with E-state index in [0.717, 1.165) is 35.5 Å². The molecule has 3 saturated heterocycles. The van der Waals surface area contributed by atoms with Crippen molar-refractivity contribution in [1.29, 1.82) is 0 Å². The highest BCUT2D eigenvalue weighted by molar-refractivity contribution is 5.07. The van der Waals surface area contributed by atoms with Crippen molar-refractivity contribution < 1.29 is 0 Å². The van der Waals surface area contributed by atoms with Crippen LogP contribution in [0.25, 0.3) is 0 Å². The normalized spacial score (nSPS) is 28.8. The summed E-state index contributed by atoms with van der Waals surface area (Å²) in [5.74, 6) is 4.81. The van der Waals surface area contributed by atoms with Gasteiger partial charge in [0.2, 0.25) is 0 Å². The van der Waals surface area contributed by atoms with Gasteiger partial charge in [-0.1, -0.05) is 58.8 Å². The molecule has 3 heteroatoms. The Balaban J connectivity index is 2.16. The third-order valence-electron chi connectivity index (χ3n) is 11.9. The van der Waals surface area contributed by atoms with Crippen LogP contribution in [0, 0.1) is 35.5 Å². The van der Waals surface area contributed by atoms with Gasteiger partial charge >= 0.3 is 0 Å². The van der Waals surface area contributed by atoms with Crippen LogP contribution in [-0.2, 0) is 0 Å². The van der Waals surface area contributed by atoms with Crippen molar-refractivity contribution in [2.75, 3.05) is 0 Å². The first-order valence-corrected chi connectivity index (χ1v) is 19.5. The Morgan fingerprint density at radius 1 is 0.409 bits per heavy atom. The van der Waals surface area contributed by atoms with E-state index in [1.165, 1.54) is 96.3 Å². The van der Waals surface area contributed by atoms with E-state index in [-0.39, 0.29) is 33.2 Å². The van der Waals surface area contributed by atoms with Crippen LogP contribution >= 0.6 is 0 Å². The predicted octanol–water partition coefficient (Wildman–Crippen LogP) is 11.1. The molecule has 3 fully saturated rings. The van der Waals surface area contributed by atoms with Crippen LogP contribution in [0.3, 0.4) is 0 Å². The average Bonchev–Trinajstić information content (AvgIpc) is 2.78. The molecular weight excluding hydrogens is 534 g/mol. The Morgan fingerprint density at radius 2 is 0.705 bits per heavy atom. The van der Waals surface area contributed by atoms with Gasteiger partial charge < -0.3 is 16.0 Å². The molecule has 0 spiro atoms. The van der Waals surface area contributed by atoms with Crippen LogP contribution < -0.4 is 16.0 Å². The van der Waals surface area contributed by atoms with E-state index in [9.17, 15) is 0 Å². The number of piperidine rings is 3. The van der Waals surface area contributed by atoms with E-state index >= 15 is 0 Å².